The molecule has 6 nitrogen and oxygen atoms in total. The maximum Gasteiger partial charge on any atom is 0.363 e. The van der Waals surface area contributed by atoms with Crippen LogP contribution in [-0.4, -0.2) is 29.5 Å². The van der Waals surface area contributed by atoms with Gasteiger partial charge in [0.1, 0.15) is 0 Å². The molecule has 1 atom stereocenters. The van der Waals surface area contributed by atoms with Gasteiger partial charge in [0.2, 0.25) is 5.88 Å². The number of carbonyl (C=O) groups is 1. The molecule has 7 heteroatoms. The molecule has 88 valence electrons. The maximum absolute atomic E-state index is 13.5. The van der Waals surface area contributed by atoms with Crippen molar-refractivity contribution >= 4 is 5.97 Å². The molecule has 1 aromatic heterocycles. The number of methoxy groups -OCH3 is 1. The Balaban J connectivity index is 3.02. The molecule has 0 saturated heterocycles. The number of nitrogens with zero attached hydrogens (tertiary/aromatic N) is 2. The first-order chi connectivity index (χ1) is 7.60. The molecule has 0 fully saturated rings. The summed E-state index contributed by atoms with van der Waals surface area (Å²) in [5, 5.41) is 3.50. The summed E-state index contributed by atoms with van der Waals surface area (Å²) in [6.45, 7) is 1.56. The summed E-state index contributed by atoms with van der Waals surface area (Å²) in [6.07, 6.45) is -2.26. The Morgan fingerprint density at radius 1 is 1.62 bits per heavy atom. The van der Waals surface area contributed by atoms with Crippen LogP contribution in [0.15, 0.2) is 16.9 Å². The van der Waals surface area contributed by atoms with Gasteiger partial charge in [0.25, 0.3) is 11.9 Å². The third-order valence-corrected chi connectivity index (χ3v) is 1.71. The highest BCUT2D eigenvalue weighted by molar-refractivity contribution is 5.72. The highest BCUT2D eigenvalue weighted by Crippen LogP contribution is 2.09. The molecule has 0 radical (unpaired) electrons. The first-order valence-electron chi connectivity index (χ1n) is 4.54. The van der Waals surface area contributed by atoms with Gasteiger partial charge < -0.3 is 9.47 Å². The average Bonchev–Trinajstić information content (AvgIpc) is 2.29. The number of aromatic nitrogens is 2. The third-order valence-electron chi connectivity index (χ3n) is 1.71. The van der Waals surface area contributed by atoms with Crippen molar-refractivity contribution in [3.63, 3.8) is 0 Å². The molecular formula is C9H11FN2O4. The molecule has 16 heavy (non-hydrogen) atoms. The molecule has 0 aliphatic rings. The van der Waals surface area contributed by atoms with E-state index in [2.05, 4.69) is 9.84 Å². The molecule has 0 aliphatic heterocycles. The summed E-state index contributed by atoms with van der Waals surface area (Å²) < 4.78 is 23.0. The van der Waals surface area contributed by atoms with E-state index in [-0.39, 0.29) is 12.5 Å². The number of carbonyl (C=O) groups excluding carboxylic acids is 1. The number of ether oxygens (including phenoxy) is 2. The standard InChI is InChI=1S/C9H11FN2O4/c1-3-16-9(14)8(10)12-7(13)5-4-6(11-12)15-2/h4-5,8H,3H2,1-2H3. The predicted molar refractivity (Wildman–Crippen MR) is 51.8 cm³/mol. The minimum atomic E-state index is -2.26. The van der Waals surface area contributed by atoms with Crippen LogP contribution >= 0.6 is 0 Å². The second-order valence-corrected chi connectivity index (χ2v) is 2.75. The summed E-state index contributed by atoms with van der Waals surface area (Å²) in [7, 11) is 1.31. The molecule has 0 bridgehead atoms. The summed E-state index contributed by atoms with van der Waals surface area (Å²) in [4.78, 5) is 22.3. The van der Waals surface area contributed by atoms with Crippen molar-refractivity contribution in [2.45, 2.75) is 13.2 Å². The molecule has 0 spiro atoms. The lowest BCUT2D eigenvalue weighted by Gasteiger charge is -2.09. The number of rotatable bonds is 4. The molecule has 1 aromatic rings. The summed E-state index contributed by atoms with van der Waals surface area (Å²) in [5.41, 5.74) is -0.749. The van der Waals surface area contributed by atoms with E-state index >= 15 is 0 Å². The van der Waals surface area contributed by atoms with Crippen LogP contribution in [0, 0.1) is 0 Å². The van der Waals surface area contributed by atoms with E-state index < -0.39 is 17.8 Å². The maximum atomic E-state index is 13.5. The van der Waals surface area contributed by atoms with Gasteiger partial charge in [0, 0.05) is 12.1 Å². The van der Waals surface area contributed by atoms with Crippen LogP contribution in [0.5, 0.6) is 5.88 Å². The highest BCUT2D eigenvalue weighted by Gasteiger charge is 2.23. The number of alkyl halides is 1. The number of esters is 1. The van der Waals surface area contributed by atoms with E-state index in [0.29, 0.717) is 4.68 Å². The Labute approximate surface area is 90.6 Å². The third kappa shape index (κ3) is 2.56. The van der Waals surface area contributed by atoms with E-state index in [1.165, 1.54) is 20.1 Å². The summed E-state index contributed by atoms with van der Waals surface area (Å²) >= 11 is 0. The van der Waals surface area contributed by atoms with E-state index in [9.17, 15) is 14.0 Å². The Morgan fingerprint density at radius 2 is 2.31 bits per heavy atom. The fourth-order valence-electron chi connectivity index (χ4n) is 0.990. The quantitative estimate of drug-likeness (QED) is 0.695. The van der Waals surface area contributed by atoms with Crippen molar-refractivity contribution in [2.24, 2.45) is 0 Å². The fraction of sp³-hybridized carbons (Fsp3) is 0.444. The largest absolute Gasteiger partial charge is 0.480 e. The van der Waals surface area contributed by atoms with Gasteiger partial charge in [0.05, 0.1) is 13.7 Å². The Kier molecular flexibility index (Phi) is 3.98. The smallest absolute Gasteiger partial charge is 0.363 e. The minimum absolute atomic E-state index is 0.0258. The van der Waals surface area contributed by atoms with Gasteiger partial charge in [-0.3, -0.25) is 4.79 Å². The van der Waals surface area contributed by atoms with Crippen LogP contribution in [0.3, 0.4) is 0 Å². The predicted octanol–water partition coefficient (Wildman–Crippen LogP) is 0.283. The number of hydrogen-bond donors (Lipinski definition) is 0. The molecule has 0 amide bonds. The van der Waals surface area contributed by atoms with E-state index in [0.717, 1.165) is 6.07 Å². The molecule has 1 rings (SSSR count). The first-order valence-corrected chi connectivity index (χ1v) is 4.54. The summed E-state index contributed by atoms with van der Waals surface area (Å²) in [5.74, 6) is -1.13. The number of hydrogen-bond acceptors (Lipinski definition) is 5. The van der Waals surface area contributed by atoms with Gasteiger partial charge in [-0.2, -0.15) is 4.68 Å². The van der Waals surface area contributed by atoms with Crippen LogP contribution in [0.2, 0.25) is 0 Å². The second-order valence-electron chi connectivity index (χ2n) is 2.75. The van der Waals surface area contributed by atoms with Crippen LogP contribution in [0.4, 0.5) is 4.39 Å². The highest BCUT2D eigenvalue weighted by atomic mass is 19.1. The SMILES string of the molecule is CCOC(=O)C(F)n1nc(OC)ccc1=O. The van der Waals surface area contributed by atoms with Crippen LogP contribution in [-0.2, 0) is 9.53 Å². The minimum Gasteiger partial charge on any atom is -0.480 e. The average molecular weight is 230 g/mol. The Bertz CT molecular complexity index is 432. The Hall–Kier alpha value is -1.92. The molecular weight excluding hydrogens is 219 g/mol. The molecule has 0 aromatic carbocycles. The van der Waals surface area contributed by atoms with Gasteiger partial charge in [-0.05, 0) is 6.92 Å². The van der Waals surface area contributed by atoms with Crippen molar-refractivity contribution in [1.29, 1.82) is 0 Å². The second kappa shape index (κ2) is 5.24. The molecule has 1 unspecified atom stereocenters. The van der Waals surface area contributed by atoms with Crippen LogP contribution in [0.25, 0.3) is 0 Å². The van der Waals surface area contributed by atoms with Crippen molar-refractivity contribution < 1.29 is 18.7 Å². The van der Waals surface area contributed by atoms with Crippen molar-refractivity contribution in [3.05, 3.63) is 22.5 Å². The lowest BCUT2D eigenvalue weighted by molar-refractivity contribution is -0.153. The molecule has 1 heterocycles. The van der Waals surface area contributed by atoms with Gasteiger partial charge in [0.15, 0.2) is 0 Å². The summed E-state index contributed by atoms with van der Waals surface area (Å²) in [6, 6.07) is 2.33. The zero-order valence-electron chi connectivity index (χ0n) is 8.84. The van der Waals surface area contributed by atoms with E-state index in [4.69, 9.17) is 4.74 Å². The molecule has 0 saturated carbocycles. The Morgan fingerprint density at radius 3 is 2.88 bits per heavy atom. The van der Waals surface area contributed by atoms with Gasteiger partial charge in [-0.25, -0.2) is 9.18 Å². The van der Waals surface area contributed by atoms with Gasteiger partial charge in [-0.1, -0.05) is 0 Å². The van der Waals surface area contributed by atoms with Gasteiger partial charge in [-0.15, -0.1) is 5.10 Å². The van der Waals surface area contributed by atoms with Crippen molar-refractivity contribution in [2.75, 3.05) is 13.7 Å². The monoisotopic (exact) mass is 230 g/mol. The van der Waals surface area contributed by atoms with E-state index in [1.54, 1.807) is 0 Å². The van der Waals surface area contributed by atoms with Crippen LogP contribution in [0.1, 0.15) is 13.2 Å². The van der Waals surface area contributed by atoms with Crippen molar-refractivity contribution in [3.8, 4) is 5.88 Å². The van der Waals surface area contributed by atoms with E-state index in [1.807, 2.05) is 0 Å². The van der Waals surface area contributed by atoms with Gasteiger partial charge >= 0.3 is 5.97 Å². The van der Waals surface area contributed by atoms with Crippen LogP contribution < -0.4 is 10.3 Å². The molecule has 0 aliphatic carbocycles. The lowest BCUT2D eigenvalue weighted by Crippen LogP contribution is -2.30. The zero-order chi connectivity index (χ0) is 12.1. The van der Waals surface area contributed by atoms with Crippen molar-refractivity contribution in [1.82, 2.24) is 9.78 Å². The molecule has 0 N–H and O–H groups in total. The zero-order valence-corrected chi connectivity index (χ0v) is 8.84. The topological polar surface area (TPSA) is 70.4 Å². The normalized spacial score (nSPS) is 11.9. The number of halogens is 1. The fourth-order valence-corrected chi connectivity index (χ4v) is 0.990. The lowest BCUT2D eigenvalue weighted by atomic mass is 10.5. The first kappa shape index (κ1) is 12.2.